The topological polar surface area (TPSA) is 64.6 Å². The molecule has 1 aliphatic rings. The summed E-state index contributed by atoms with van der Waals surface area (Å²) in [6.07, 6.45) is 0.625. The third-order valence-corrected chi connectivity index (χ3v) is 4.44. The number of methoxy groups -OCH3 is 1. The van der Waals surface area contributed by atoms with Crippen LogP contribution in [0.15, 0.2) is 35.7 Å². The second-order valence-electron chi connectivity index (χ2n) is 4.96. The fraction of sp³-hybridized carbons (Fsp3) is 0.250. The number of para-hydroxylation sites is 1. The quantitative estimate of drug-likeness (QED) is 0.884. The Morgan fingerprint density at radius 2 is 2.14 bits per heavy atom. The van der Waals surface area contributed by atoms with Gasteiger partial charge in [0.1, 0.15) is 17.2 Å². The van der Waals surface area contributed by atoms with Gasteiger partial charge >= 0.3 is 5.97 Å². The Labute approximate surface area is 131 Å². The van der Waals surface area contributed by atoms with E-state index in [9.17, 15) is 9.59 Å². The molecule has 114 valence electrons. The van der Waals surface area contributed by atoms with E-state index in [1.54, 1.807) is 11.4 Å². The van der Waals surface area contributed by atoms with E-state index in [4.69, 9.17) is 9.47 Å². The van der Waals surface area contributed by atoms with E-state index in [2.05, 4.69) is 5.32 Å². The number of rotatable bonds is 3. The zero-order chi connectivity index (χ0) is 15.5. The highest BCUT2D eigenvalue weighted by Gasteiger charge is 2.27. The Hall–Kier alpha value is -2.34. The summed E-state index contributed by atoms with van der Waals surface area (Å²) in [5.41, 5.74) is 1.51. The first-order valence-electron chi connectivity index (χ1n) is 6.86. The molecule has 5 nitrogen and oxygen atoms in total. The van der Waals surface area contributed by atoms with Crippen molar-refractivity contribution in [1.82, 2.24) is 0 Å². The van der Waals surface area contributed by atoms with E-state index in [0.717, 1.165) is 11.3 Å². The minimum Gasteiger partial charge on any atom is -0.492 e. The smallest absolute Gasteiger partial charge is 0.350 e. The van der Waals surface area contributed by atoms with E-state index >= 15 is 0 Å². The third kappa shape index (κ3) is 2.82. The molecule has 1 amide bonds. The van der Waals surface area contributed by atoms with Crippen molar-refractivity contribution in [3.8, 4) is 5.75 Å². The molecular weight excluding hydrogens is 302 g/mol. The SMILES string of the molecule is COC(=O)c1sccc1NC(=O)C1COc2ccccc2C1. The first-order valence-corrected chi connectivity index (χ1v) is 7.74. The molecule has 22 heavy (non-hydrogen) atoms. The number of hydrogen-bond acceptors (Lipinski definition) is 5. The van der Waals surface area contributed by atoms with Crippen LogP contribution in [0.3, 0.4) is 0 Å². The van der Waals surface area contributed by atoms with Gasteiger partial charge in [0.05, 0.1) is 18.7 Å². The van der Waals surface area contributed by atoms with Crippen molar-refractivity contribution in [2.24, 2.45) is 5.92 Å². The van der Waals surface area contributed by atoms with Crippen LogP contribution in [0.25, 0.3) is 0 Å². The normalized spacial score (nSPS) is 16.3. The number of amides is 1. The van der Waals surface area contributed by atoms with Crippen LogP contribution in [0, 0.1) is 5.92 Å². The summed E-state index contributed by atoms with van der Waals surface area (Å²) < 4.78 is 10.3. The van der Waals surface area contributed by atoms with Crippen molar-refractivity contribution in [3.05, 3.63) is 46.2 Å². The number of carbonyl (C=O) groups is 2. The number of ether oxygens (including phenoxy) is 2. The zero-order valence-corrected chi connectivity index (χ0v) is 12.8. The lowest BCUT2D eigenvalue weighted by molar-refractivity contribution is -0.121. The van der Waals surface area contributed by atoms with Crippen LogP contribution in [0.2, 0.25) is 0 Å². The molecule has 1 unspecified atom stereocenters. The fourth-order valence-corrected chi connectivity index (χ4v) is 3.16. The maximum Gasteiger partial charge on any atom is 0.350 e. The number of fused-ring (bicyclic) bond motifs is 1. The molecule has 1 aromatic carbocycles. The zero-order valence-electron chi connectivity index (χ0n) is 12.0. The Balaban J connectivity index is 1.71. The average molecular weight is 317 g/mol. The van der Waals surface area contributed by atoms with Crippen molar-refractivity contribution in [1.29, 1.82) is 0 Å². The molecule has 0 radical (unpaired) electrons. The van der Waals surface area contributed by atoms with Crippen molar-refractivity contribution >= 4 is 28.9 Å². The van der Waals surface area contributed by atoms with Gasteiger partial charge in [-0.3, -0.25) is 4.79 Å². The summed E-state index contributed by atoms with van der Waals surface area (Å²) in [7, 11) is 1.32. The van der Waals surface area contributed by atoms with Gasteiger partial charge in [-0.1, -0.05) is 18.2 Å². The standard InChI is InChI=1S/C16H15NO4S/c1-20-16(19)14-12(6-7-22-14)17-15(18)11-8-10-4-2-3-5-13(10)21-9-11/h2-7,11H,8-9H2,1H3,(H,17,18). The molecule has 0 saturated heterocycles. The first kappa shape index (κ1) is 14.6. The van der Waals surface area contributed by atoms with Gasteiger partial charge in [0, 0.05) is 0 Å². The fourth-order valence-electron chi connectivity index (χ4n) is 2.39. The van der Waals surface area contributed by atoms with E-state index in [1.807, 2.05) is 24.3 Å². The van der Waals surface area contributed by atoms with Crippen LogP contribution >= 0.6 is 11.3 Å². The Morgan fingerprint density at radius 1 is 1.32 bits per heavy atom. The van der Waals surface area contributed by atoms with E-state index < -0.39 is 5.97 Å². The first-order chi connectivity index (χ1) is 10.7. The molecule has 1 atom stereocenters. The lowest BCUT2D eigenvalue weighted by Crippen LogP contribution is -2.32. The number of esters is 1. The summed E-state index contributed by atoms with van der Waals surface area (Å²) in [6, 6.07) is 9.40. The van der Waals surface area contributed by atoms with Crippen LogP contribution in [0.5, 0.6) is 5.75 Å². The van der Waals surface area contributed by atoms with Gasteiger partial charge in [-0.15, -0.1) is 11.3 Å². The van der Waals surface area contributed by atoms with Gasteiger partial charge in [0.2, 0.25) is 5.91 Å². The molecule has 1 aromatic heterocycles. The minimum atomic E-state index is -0.449. The maximum absolute atomic E-state index is 12.4. The Bertz CT molecular complexity index is 710. The molecule has 0 saturated carbocycles. The lowest BCUT2D eigenvalue weighted by atomic mass is 9.96. The molecule has 0 aliphatic carbocycles. The summed E-state index contributed by atoms with van der Waals surface area (Å²) in [5, 5.41) is 4.54. The van der Waals surface area contributed by atoms with E-state index in [1.165, 1.54) is 18.4 Å². The molecule has 1 aliphatic heterocycles. The summed E-state index contributed by atoms with van der Waals surface area (Å²) >= 11 is 1.24. The molecule has 3 rings (SSSR count). The second-order valence-corrected chi connectivity index (χ2v) is 5.88. The second kappa shape index (κ2) is 6.19. The minimum absolute atomic E-state index is 0.155. The number of benzene rings is 1. The molecule has 2 heterocycles. The van der Waals surface area contributed by atoms with Gasteiger partial charge in [0.15, 0.2) is 0 Å². The van der Waals surface area contributed by atoms with Crippen LogP contribution in [0.4, 0.5) is 5.69 Å². The van der Waals surface area contributed by atoms with E-state index in [-0.39, 0.29) is 11.8 Å². The van der Waals surface area contributed by atoms with Crippen molar-refractivity contribution < 1.29 is 19.1 Å². The number of hydrogen-bond donors (Lipinski definition) is 1. The largest absolute Gasteiger partial charge is 0.492 e. The predicted molar refractivity (Wildman–Crippen MR) is 83.4 cm³/mol. The van der Waals surface area contributed by atoms with Gasteiger partial charge in [0.25, 0.3) is 0 Å². The molecule has 0 bridgehead atoms. The third-order valence-electron chi connectivity index (χ3n) is 3.54. The summed E-state index contributed by atoms with van der Waals surface area (Å²) in [6.45, 7) is 0.334. The van der Waals surface area contributed by atoms with Crippen LogP contribution in [0.1, 0.15) is 15.2 Å². The molecule has 2 aromatic rings. The number of nitrogens with one attached hydrogen (secondary N) is 1. The average Bonchev–Trinajstić information content (AvgIpc) is 3.01. The van der Waals surface area contributed by atoms with Crippen LogP contribution < -0.4 is 10.1 Å². The number of anilines is 1. The Morgan fingerprint density at radius 3 is 2.95 bits per heavy atom. The Kier molecular flexibility index (Phi) is 4.11. The highest BCUT2D eigenvalue weighted by molar-refractivity contribution is 7.12. The summed E-state index contributed by atoms with van der Waals surface area (Å²) in [5.74, 6) is -0.0498. The van der Waals surface area contributed by atoms with Crippen molar-refractivity contribution in [3.63, 3.8) is 0 Å². The molecule has 6 heteroatoms. The monoisotopic (exact) mass is 317 g/mol. The van der Waals surface area contributed by atoms with Gasteiger partial charge in [-0.2, -0.15) is 0 Å². The molecule has 0 fully saturated rings. The van der Waals surface area contributed by atoms with Gasteiger partial charge in [-0.05, 0) is 29.5 Å². The van der Waals surface area contributed by atoms with Gasteiger partial charge in [-0.25, -0.2) is 4.79 Å². The highest BCUT2D eigenvalue weighted by Crippen LogP contribution is 2.29. The molecule has 0 spiro atoms. The molecule has 1 N–H and O–H groups in total. The number of carbonyl (C=O) groups excluding carboxylic acids is 2. The van der Waals surface area contributed by atoms with Crippen molar-refractivity contribution in [2.45, 2.75) is 6.42 Å². The van der Waals surface area contributed by atoms with Crippen LogP contribution in [-0.4, -0.2) is 25.6 Å². The van der Waals surface area contributed by atoms with Crippen molar-refractivity contribution in [2.75, 3.05) is 19.0 Å². The summed E-state index contributed by atoms with van der Waals surface area (Å²) in [4.78, 5) is 24.4. The van der Waals surface area contributed by atoms with E-state index in [0.29, 0.717) is 23.6 Å². The predicted octanol–water partition coefficient (Wildman–Crippen LogP) is 2.72. The van der Waals surface area contributed by atoms with Crippen LogP contribution in [-0.2, 0) is 16.0 Å². The number of thiophene rings is 1. The maximum atomic E-state index is 12.4. The highest BCUT2D eigenvalue weighted by atomic mass is 32.1. The lowest BCUT2D eigenvalue weighted by Gasteiger charge is -2.24. The van der Waals surface area contributed by atoms with Gasteiger partial charge < -0.3 is 14.8 Å². The molecular formula is C16H15NO4S.